The summed E-state index contributed by atoms with van der Waals surface area (Å²) in [5, 5.41) is 0. The van der Waals surface area contributed by atoms with Gasteiger partial charge in [0, 0.05) is 0 Å². The molecule has 0 aromatic rings. The monoisotopic (exact) mass is 232 g/mol. The summed E-state index contributed by atoms with van der Waals surface area (Å²) in [7, 11) is 1.40. The van der Waals surface area contributed by atoms with Crippen LogP contribution in [-0.2, 0) is 9.53 Å². The van der Waals surface area contributed by atoms with E-state index in [1.165, 1.54) is 29.4 Å². The van der Waals surface area contributed by atoms with Crippen molar-refractivity contribution in [3.63, 3.8) is 0 Å². The quantitative estimate of drug-likeness (QED) is 0.476. The summed E-state index contributed by atoms with van der Waals surface area (Å²) in [6.45, 7) is 3.68. The fourth-order valence-electron chi connectivity index (χ4n) is 0.250. The normalized spacial score (nSPS) is 11.0. The van der Waals surface area contributed by atoms with Crippen LogP contribution in [0.5, 0.6) is 0 Å². The molecule has 0 radical (unpaired) electrons. The summed E-state index contributed by atoms with van der Waals surface area (Å²) < 4.78 is 4.19. The second-order valence-electron chi connectivity index (χ2n) is 2.05. The van der Waals surface area contributed by atoms with Crippen LogP contribution in [0.3, 0.4) is 0 Å². The Kier molecular flexibility index (Phi) is 2.79. The Balaban J connectivity index is 3.82. The fraction of sp³-hybridized carbons (Fsp3) is 0.800. The summed E-state index contributed by atoms with van der Waals surface area (Å²) >= 11 is 1.47. The molecule has 0 aromatic carbocycles. The van der Waals surface area contributed by atoms with E-state index in [2.05, 4.69) is 4.74 Å². The Morgan fingerprint density at radius 2 is 2.00 bits per heavy atom. The molecule has 0 bridgehead atoms. The third-order valence-corrected chi connectivity index (χ3v) is 1.21. The van der Waals surface area contributed by atoms with Crippen molar-refractivity contribution in [1.82, 2.24) is 0 Å². The maximum absolute atomic E-state index is 10.6. The first-order chi connectivity index (χ1) is 3.48. The average molecular weight is 230 g/mol. The first-order valence-electron chi connectivity index (χ1n) is 2.29. The van der Waals surface area contributed by atoms with Gasteiger partial charge in [-0.25, -0.2) is 0 Å². The number of carbonyl (C=O) groups is 1. The van der Waals surface area contributed by atoms with Gasteiger partial charge in [-0.15, -0.1) is 0 Å². The molecule has 0 amide bonds. The SMILES string of the molecule is COC(=O)C(C)(C)[TeH]. The van der Waals surface area contributed by atoms with E-state index in [4.69, 9.17) is 0 Å². The molecule has 2 nitrogen and oxygen atoms in total. The predicted molar refractivity (Wildman–Crippen MR) is 33.2 cm³/mol. The molecule has 0 rings (SSSR count). The zero-order chi connectivity index (χ0) is 6.78. The molecule has 0 aliphatic carbocycles. The topological polar surface area (TPSA) is 26.3 Å². The predicted octanol–water partition coefficient (Wildman–Crippen LogP) is 0.259. The minimum atomic E-state index is -0.302. The number of hydrogen-bond donors (Lipinski definition) is 0. The molecule has 48 valence electrons. The number of carbonyl (C=O) groups excluding carboxylic acids is 1. The Morgan fingerprint density at radius 3 is 2.00 bits per heavy atom. The molecule has 0 aliphatic heterocycles. The third-order valence-electron chi connectivity index (χ3n) is 0.685. The van der Waals surface area contributed by atoms with Crippen LogP contribution in [0, 0.1) is 0 Å². The summed E-state index contributed by atoms with van der Waals surface area (Å²) in [5.41, 5.74) is 0. The molecule has 0 unspecified atom stereocenters. The van der Waals surface area contributed by atoms with E-state index in [1.54, 1.807) is 0 Å². The second kappa shape index (κ2) is 2.70. The van der Waals surface area contributed by atoms with Gasteiger partial charge in [-0.2, -0.15) is 0 Å². The van der Waals surface area contributed by atoms with Gasteiger partial charge in [0.2, 0.25) is 0 Å². The fourth-order valence-corrected chi connectivity index (χ4v) is 0.510. The van der Waals surface area contributed by atoms with Crippen molar-refractivity contribution < 1.29 is 9.53 Å². The number of methoxy groups -OCH3 is 1. The van der Waals surface area contributed by atoms with Gasteiger partial charge in [-0.05, 0) is 0 Å². The molecule has 0 aromatic heterocycles. The van der Waals surface area contributed by atoms with E-state index >= 15 is 0 Å². The van der Waals surface area contributed by atoms with Crippen LogP contribution < -0.4 is 0 Å². The Morgan fingerprint density at radius 1 is 1.62 bits per heavy atom. The number of ether oxygens (including phenoxy) is 1. The molecule has 0 atom stereocenters. The van der Waals surface area contributed by atoms with Crippen LogP contribution in [0.1, 0.15) is 13.8 Å². The van der Waals surface area contributed by atoms with Crippen molar-refractivity contribution in [3.05, 3.63) is 0 Å². The third kappa shape index (κ3) is 2.54. The molecule has 0 fully saturated rings. The maximum atomic E-state index is 10.6. The van der Waals surface area contributed by atoms with Crippen LogP contribution in [-0.4, -0.2) is 35.4 Å². The number of hydrogen-bond acceptors (Lipinski definition) is 2. The van der Waals surface area contributed by atoms with Crippen LogP contribution in [0.15, 0.2) is 0 Å². The van der Waals surface area contributed by atoms with Gasteiger partial charge in [0.25, 0.3) is 0 Å². The van der Waals surface area contributed by atoms with Crippen molar-refractivity contribution in [1.29, 1.82) is 0 Å². The zero-order valence-electron chi connectivity index (χ0n) is 5.26. The zero-order valence-corrected chi connectivity index (χ0v) is 7.82. The standard InChI is InChI=1S/C5H10O2Te/c1-5(2,8)4(6)7-3/h8H,1-3H3. The van der Waals surface area contributed by atoms with Crippen molar-refractivity contribution >= 4 is 28.3 Å². The van der Waals surface area contributed by atoms with Gasteiger partial charge in [0.1, 0.15) is 0 Å². The molecular weight excluding hydrogens is 220 g/mol. The first kappa shape index (κ1) is 8.26. The average Bonchev–Trinajstić information content (AvgIpc) is 1.62. The van der Waals surface area contributed by atoms with Crippen molar-refractivity contribution in [2.45, 2.75) is 17.3 Å². The Labute approximate surface area is 62.5 Å². The van der Waals surface area contributed by atoms with Gasteiger partial charge < -0.3 is 0 Å². The van der Waals surface area contributed by atoms with Crippen LogP contribution in [0.2, 0.25) is 3.46 Å². The molecule has 0 heterocycles. The molecule has 0 spiro atoms. The van der Waals surface area contributed by atoms with Crippen molar-refractivity contribution in [2.75, 3.05) is 7.11 Å². The van der Waals surface area contributed by atoms with Crippen LogP contribution in [0.25, 0.3) is 0 Å². The van der Waals surface area contributed by atoms with Gasteiger partial charge in [0.15, 0.2) is 0 Å². The summed E-state index contributed by atoms with van der Waals surface area (Å²) in [6, 6.07) is 0. The molecule has 0 saturated heterocycles. The molecule has 0 saturated carbocycles. The molecule has 3 heteroatoms. The van der Waals surface area contributed by atoms with Crippen LogP contribution in [0.4, 0.5) is 0 Å². The van der Waals surface area contributed by atoms with E-state index in [9.17, 15) is 4.79 Å². The molecule has 8 heavy (non-hydrogen) atoms. The van der Waals surface area contributed by atoms with Gasteiger partial charge in [0.05, 0.1) is 0 Å². The van der Waals surface area contributed by atoms with E-state index in [-0.39, 0.29) is 9.43 Å². The summed E-state index contributed by atoms with van der Waals surface area (Å²) in [5.74, 6) is -0.147. The molecular formula is C5H10O2Te. The first-order valence-corrected chi connectivity index (χ1v) is 3.57. The second-order valence-corrected chi connectivity index (χ2v) is 5.24. The van der Waals surface area contributed by atoms with Gasteiger partial charge in [-0.1, -0.05) is 0 Å². The minimum absolute atomic E-state index is 0.147. The van der Waals surface area contributed by atoms with Crippen molar-refractivity contribution in [2.24, 2.45) is 0 Å². The Hall–Kier alpha value is 0.260. The summed E-state index contributed by atoms with van der Waals surface area (Å²) in [6.07, 6.45) is 0. The molecule has 0 aliphatic rings. The van der Waals surface area contributed by atoms with Gasteiger partial charge in [-0.3, -0.25) is 0 Å². The van der Waals surface area contributed by atoms with Crippen molar-refractivity contribution in [3.8, 4) is 0 Å². The number of rotatable bonds is 1. The van der Waals surface area contributed by atoms with Gasteiger partial charge >= 0.3 is 62.2 Å². The summed E-state index contributed by atoms with van der Waals surface area (Å²) in [4.78, 5) is 10.6. The number of esters is 1. The van der Waals surface area contributed by atoms with Crippen LogP contribution >= 0.6 is 0 Å². The van der Waals surface area contributed by atoms with E-state index in [0.717, 1.165) is 0 Å². The Bertz CT molecular complexity index is 93.1. The van der Waals surface area contributed by atoms with E-state index in [0.29, 0.717) is 0 Å². The van der Waals surface area contributed by atoms with E-state index in [1.807, 2.05) is 13.8 Å². The molecule has 0 N–H and O–H groups in total. The van der Waals surface area contributed by atoms with E-state index < -0.39 is 0 Å².